The van der Waals surface area contributed by atoms with Crippen LogP contribution in [0.5, 0.6) is 0 Å². The maximum absolute atomic E-state index is 12.9. The van der Waals surface area contributed by atoms with Gasteiger partial charge in [-0.15, -0.1) is 11.3 Å². The van der Waals surface area contributed by atoms with Crippen LogP contribution >= 0.6 is 11.3 Å². The van der Waals surface area contributed by atoms with Crippen LogP contribution in [0.25, 0.3) is 0 Å². The number of rotatable bonds is 5. The summed E-state index contributed by atoms with van der Waals surface area (Å²) in [7, 11) is 0. The molecule has 0 bridgehead atoms. The lowest BCUT2D eigenvalue weighted by atomic mass is 9.82. The van der Waals surface area contributed by atoms with Crippen LogP contribution in [0, 0.1) is 0 Å². The van der Waals surface area contributed by atoms with Crippen molar-refractivity contribution < 1.29 is 14.4 Å². The second-order valence-electron chi connectivity index (χ2n) is 8.21. The standard InChI is InChI=1S/C20H29N5O3S/c1-2-16-21-15(14-29-16)12-23-8-10-24(11-9-23)17(26)13-25-18(27)20(22-19(25)28)6-4-3-5-7-20/h14H,2-13H2,1H3,(H,22,28). The number of hydrogen-bond donors (Lipinski definition) is 1. The Morgan fingerprint density at radius 1 is 1.17 bits per heavy atom. The monoisotopic (exact) mass is 419 g/mol. The van der Waals surface area contributed by atoms with E-state index in [2.05, 4.69) is 27.5 Å². The minimum atomic E-state index is -0.765. The van der Waals surface area contributed by atoms with Crippen LogP contribution in [0.4, 0.5) is 4.79 Å². The number of carbonyl (C=O) groups excluding carboxylic acids is 3. The lowest BCUT2D eigenvalue weighted by Gasteiger charge is -2.35. The summed E-state index contributed by atoms with van der Waals surface area (Å²) < 4.78 is 0. The van der Waals surface area contributed by atoms with Gasteiger partial charge in [-0.3, -0.25) is 19.4 Å². The number of nitrogens with one attached hydrogen (secondary N) is 1. The van der Waals surface area contributed by atoms with Crippen molar-refractivity contribution in [2.24, 2.45) is 0 Å². The zero-order valence-electron chi connectivity index (χ0n) is 17.0. The van der Waals surface area contributed by atoms with Crippen LogP contribution in [0.2, 0.25) is 0 Å². The van der Waals surface area contributed by atoms with Gasteiger partial charge < -0.3 is 10.2 Å². The summed E-state index contributed by atoms with van der Waals surface area (Å²) in [6.07, 6.45) is 5.28. The molecule has 3 fully saturated rings. The van der Waals surface area contributed by atoms with Crippen LogP contribution in [0.3, 0.4) is 0 Å². The quantitative estimate of drug-likeness (QED) is 0.733. The Balaban J connectivity index is 1.28. The van der Waals surface area contributed by atoms with Crippen LogP contribution in [0.1, 0.15) is 49.7 Å². The number of nitrogens with zero attached hydrogens (tertiary/aromatic N) is 4. The molecular formula is C20H29N5O3S. The number of imide groups is 1. The first-order valence-corrected chi connectivity index (χ1v) is 11.5. The van der Waals surface area contributed by atoms with E-state index in [-0.39, 0.29) is 18.4 Å². The van der Waals surface area contributed by atoms with Crippen molar-refractivity contribution in [1.82, 2.24) is 25.0 Å². The average molecular weight is 420 g/mol. The van der Waals surface area contributed by atoms with E-state index in [1.54, 1.807) is 16.2 Å². The predicted octanol–water partition coefficient (Wildman–Crippen LogP) is 1.60. The van der Waals surface area contributed by atoms with E-state index in [4.69, 9.17) is 0 Å². The molecule has 1 aromatic heterocycles. The highest BCUT2D eigenvalue weighted by molar-refractivity contribution is 7.09. The molecule has 1 aliphatic carbocycles. The summed E-state index contributed by atoms with van der Waals surface area (Å²) in [4.78, 5) is 47.8. The van der Waals surface area contributed by atoms with Gasteiger partial charge in [-0.25, -0.2) is 9.78 Å². The lowest BCUT2D eigenvalue weighted by molar-refractivity contribution is -0.140. The number of aryl methyl sites for hydroxylation is 1. The van der Waals surface area contributed by atoms with E-state index in [9.17, 15) is 14.4 Å². The zero-order chi connectivity index (χ0) is 20.4. The fourth-order valence-corrected chi connectivity index (χ4v) is 5.25. The molecule has 4 amide bonds. The van der Waals surface area contributed by atoms with Crippen LogP contribution in [-0.4, -0.2) is 75.8 Å². The summed E-state index contributed by atoms with van der Waals surface area (Å²) in [5.74, 6) is -0.368. The number of amides is 4. The summed E-state index contributed by atoms with van der Waals surface area (Å²) >= 11 is 1.69. The molecule has 0 aromatic carbocycles. The van der Waals surface area contributed by atoms with Gasteiger partial charge in [-0.1, -0.05) is 26.2 Å². The molecule has 3 aliphatic rings. The van der Waals surface area contributed by atoms with Crippen molar-refractivity contribution >= 4 is 29.2 Å². The van der Waals surface area contributed by atoms with Crippen LogP contribution in [0.15, 0.2) is 5.38 Å². The molecule has 8 nitrogen and oxygen atoms in total. The molecule has 0 atom stereocenters. The van der Waals surface area contributed by atoms with Gasteiger partial charge in [-0.2, -0.15) is 0 Å². The van der Waals surface area contributed by atoms with E-state index in [0.29, 0.717) is 25.9 Å². The molecule has 3 heterocycles. The van der Waals surface area contributed by atoms with Crippen LogP contribution < -0.4 is 5.32 Å². The second-order valence-corrected chi connectivity index (χ2v) is 9.15. The molecule has 29 heavy (non-hydrogen) atoms. The Bertz CT molecular complexity index is 781. The third-order valence-corrected chi connectivity index (χ3v) is 7.30. The number of piperazine rings is 1. The van der Waals surface area contributed by atoms with Crippen LogP contribution in [-0.2, 0) is 22.6 Å². The summed E-state index contributed by atoms with van der Waals surface area (Å²) in [6, 6.07) is -0.417. The highest BCUT2D eigenvalue weighted by atomic mass is 32.1. The minimum Gasteiger partial charge on any atom is -0.339 e. The van der Waals surface area contributed by atoms with E-state index in [0.717, 1.165) is 60.9 Å². The van der Waals surface area contributed by atoms with Crippen molar-refractivity contribution in [2.45, 2.75) is 57.5 Å². The van der Waals surface area contributed by atoms with Gasteiger partial charge in [0.25, 0.3) is 5.91 Å². The van der Waals surface area contributed by atoms with Gasteiger partial charge in [-0.05, 0) is 19.3 Å². The molecule has 1 saturated carbocycles. The van der Waals surface area contributed by atoms with E-state index >= 15 is 0 Å². The number of thiazole rings is 1. The molecule has 0 radical (unpaired) electrons. The molecule has 2 aliphatic heterocycles. The van der Waals surface area contributed by atoms with Gasteiger partial charge in [0.1, 0.15) is 12.1 Å². The number of urea groups is 1. The van der Waals surface area contributed by atoms with E-state index in [1.165, 1.54) is 0 Å². The van der Waals surface area contributed by atoms with Gasteiger partial charge in [0.05, 0.1) is 10.7 Å². The van der Waals surface area contributed by atoms with E-state index < -0.39 is 11.6 Å². The summed E-state index contributed by atoms with van der Waals surface area (Å²) in [5.41, 5.74) is 0.322. The Morgan fingerprint density at radius 2 is 1.90 bits per heavy atom. The molecule has 4 rings (SSSR count). The zero-order valence-corrected chi connectivity index (χ0v) is 17.8. The molecule has 9 heteroatoms. The van der Waals surface area contributed by atoms with E-state index in [1.807, 2.05) is 0 Å². The van der Waals surface area contributed by atoms with Crippen molar-refractivity contribution in [2.75, 3.05) is 32.7 Å². The van der Waals surface area contributed by atoms with Crippen molar-refractivity contribution in [1.29, 1.82) is 0 Å². The van der Waals surface area contributed by atoms with Crippen molar-refractivity contribution in [3.63, 3.8) is 0 Å². The Morgan fingerprint density at radius 3 is 2.55 bits per heavy atom. The second kappa shape index (κ2) is 8.39. The third-order valence-electron chi connectivity index (χ3n) is 6.26. The van der Waals surface area contributed by atoms with Gasteiger partial charge in [0.15, 0.2) is 0 Å². The molecule has 1 aromatic rings. The Hall–Kier alpha value is -2.00. The van der Waals surface area contributed by atoms with Crippen molar-refractivity contribution in [3.05, 3.63) is 16.1 Å². The first kappa shape index (κ1) is 20.3. The average Bonchev–Trinajstić information content (AvgIpc) is 3.27. The molecule has 0 unspecified atom stereocenters. The first-order valence-electron chi connectivity index (χ1n) is 10.6. The maximum atomic E-state index is 12.9. The Kier molecular flexibility index (Phi) is 5.87. The number of hydrogen-bond acceptors (Lipinski definition) is 6. The normalized spacial score (nSPS) is 22.4. The largest absolute Gasteiger partial charge is 0.339 e. The molecular weight excluding hydrogens is 390 g/mol. The predicted molar refractivity (Wildman–Crippen MR) is 109 cm³/mol. The fraction of sp³-hybridized carbons (Fsp3) is 0.700. The summed E-state index contributed by atoms with van der Waals surface area (Å²) in [5, 5.41) is 6.13. The molecule has 2 saturated heterocycles. The molecule has 1 N–H and O–H groups in total. The Labute approximate surface area is 175 Å². The molecule has 1 spiro atoms. The van der Waals surface area contributed by atoms with Gasteiger partial charge >= 0.3 is 6.03 Å². The maximum Gasteiger partial charge on any atom is 0.325 e. The number of aromatic nitrogens is 1. The lowest BCUT2D eigenvalue weighted by Crippen LogP contribution is -2.52. The highest BCUT2D eigenvalue weighted by Crippen LogP contribution is 2.33. The third kappa shape index (κ3) is 4.16. The first-order chi connectivity index (χ1) is 14.0. The SMILES string of the molecule is CCc1nc(CN2CCN(C(=O)CN3C(=O)NC4(CCCCC4)C3=O)CC2)cs1. The topological polar surface area (TPSA) is 85.8 Å². The fourth-order valence-electron chi connectivity index (χ4n) is 4.52. The number of carbonyl (C=O) groups is 3. The van der Waals surface area contributed by atoms with Gasteiger partial charge in [0, 0.05) is 38.1 Å². The summed E-state index contributed by atoms with van der Waals surface area (Å²) in [6.45, 7) is 5.52. The minimum absolute atomic E-state index is 0.150. The molecule has 158 valence electrons. The van der Waals surface area contributed by atoms with Gasteiger partial charge in [0.2, 0.25) is 5.91 Å². The smallest absolute Gasteiger partial charge is 0.325 e. The highest BCUT2D eigenvalue weighted by Gasteiger charge is 2.51. The van der Waals surface area contributed by atoms with Crippen molar-refractivity contribution in [3.8, 4) is 0 Å².